The van der Waals surface area contributed by atoms with Crippen LogP contribution < -0.4 is 5.32 Å². The normalized spacial score (nSPS) is 48.5. The van der Waals surface area contributed by atoms with Crippen molar-refractivity contribution in [3.8, 4) is 0 Å². The summed E-state index contributed by atoms with van der Waals surface area (Å²) in [5.74, 6) is 1.85. The van der Waals surface area contributed by atoms with Crippen LogP contribution in [0.25, 0.3) is 0 Å². The van der Waals surface area contributed by atoms with Crippen molar-refractivity contribution in [1.29, 1.82) is 0 Å². The average molecular weight is 169 g/mol. The van der Waals surface area contributed by atoms with E-state index in [0.29, 0.717) is 12.1 Å². The topological polar surface area (TPSA) is 21.3 Å². The maximum Gasteiger partial charge on any atom is 0.0672 e. The molecular formula is C10H19NO. The van der Waals surface area contributed by atoms with E-state index < -0.39 is 0 Å². The molecule has 2 fully saturated rings. The fraction of sp³-hybridized carbons (Fsp3) is 1.00. The van der Waals surface area contributed by atoms with Gasteiger partial charge in [-0.1, -0.05) is 6.92 Å². The van der Waals surface area contributed by atoms with Gasteiger partial charge in [0.25, 0.3) is 0 Å². The van der Waals surface area contributed by atoms with Crippen LogP contribution in [-0.2, 0) is 4.74 Å². The molecule has 1 N–H and O–H groups in total. The van der Waals surface area contributed by atoms with E-state index in [1.165, 1.54) is 12.8 Å². The second kappa shape index (κ2) is 3.35. The van der Waals surface area contributed by atoms with Gasteiger partial charge in [0.15, 0.2) is 0 Å². The fourth-order valence-corrected chi connectivity index (χ4v) is 2.30. The molecule has 2 aliphatic rings. The van der Waals surface area contributed by atoms with Crippen molar-refractivity contribution >= 4 is 0 Å². The van der Waals surface area contributed by atoms with Crippen molar-refractivity contribution in [2.45, 2.75) is 38.8 Å². The number of ether oxygens (including phenoxy) is 1. The SMILES string of the molecule is CC1CC(C2COC(C)CN2)C1. The zero-order chi connectivity index (χ0) is 8.55. The van der Waals surface area contributed by atoms with Crippen LogP contribution in [0.2, 0.25) is 0 Å². The van der Waals surface area contributed by atoms with Gasteiger partial charge in [-0.15, -0.1) is 0 Å². The maximum absolute atomic E-state index is 5.62. The number of rotatable bonds is 1. The van der Waals surface area contributed by atoms with Crippen LogP contribution in [0, 0.1) is 11.8 Å². The lowest BCUT2D eigenvalue weighted by atomic mass is 9.72. The molecule has 0 aromatic heterocycles. The molecule has 0 aromatic rings. The molecule has 1 saturated carbocycles. The molecule has 70 valence electrons. The van der Waals surface area contributed by atoms with Gasteiger partial charge >= 0.3 is 0 Å². The number of hydrogen-bond donors (Lipinski definition) is 1. The van der Waals surface area contributed by atoms with Gasteiger partial charge in [-0.25, -0.2) is 0 Å². The molecule has 1 heterocycles. The zero-order valence-electron chi connectivity index (χ0n) is 8.05. The predicted molar refractivity (Wildman–Crippen MR) is 49.1 cm³/mol. The number of morpholine rings is 1. The lowest BCUT2D eigenvalue weighted by Gasteiger charge is -2.42. The Morgan fingerprint density at radius 1 is 1.25 bits per heavy atom. The molecule has 1 aliphatic heterocycles. The summed E-state index contributed by atoms with van der Waals surface area (Å²) < 4.78 is 5.62. The van der Waals surface area contributed by atoms with Gasteiger partial charge in [-0.2, -0.15) is 0 Å². The largest absolute Gasteiger partial charge is 0.376 e. The van der Waals surface area contributed by atoms with E-state index in [9.17, 15) is 0 Å². The van der Waals surface area contributed by atoms with Crippen molar-refractivity contribution in [2.24, 2.45) is 11.8 Å². The predicted octanol–water partition coefficient (Wildman–Crippen LogP) is 1.41. The Balaban J connectivity index is 1.75. The van der Waals surface area contributed by atoms with Crippen molar-refractivity contribution in [3.63, 3.8) is 0 Å². The van der Waals surface area contributed by atoms with E-state index in [4.69, 9.17) is 4.74 Å². The minimum absolute atomic E-state index is 0.416. The first-order valence-electron chi connectivity index (χ1n) is 5.10. The lowest BCUT2D eigenvalue weighted by Crippen LogP contribution is -2.51. The molecule has 2 rings (SSSR count). The molecular weight excluding hydrogens is 150 g/mol. The molecule has 1 aliphatic carbocycles. The van der Waals surface area contributed by atoms with Gasteiger partial charge < -0.3 is 10.1 Å². The third-order valence-electron chi connectivity index (χ3n) is 3.21. The van der Waals surface area contributed by atoms with Crippen LogP contribution in [0.15, 0.2) is 0 Å². The summed E-state index contributed by atoms with van der Waals surface area (Å²) >= 11 is 0. The van der Waals surface area contributed by atoms with Crippen molar-refractivity contribution in [1.82, 2.24) is 5.32 Å². The molecule has 0 spiro atoms. The minimum atomic E-state index is 0.416. The number of nitrogens with one attached hydrogen (secondary N) is 1. The van der Waals surface area contributed by atoms with Gasteiger partial charge in [0, 0.05) is 12.6 Å². The van der Waals surface area contributed by atoms with Crippen molar-refractivity contribution in [2.75, 3.05) is 13.2 Å². The highest BCUT2D eigenvalue weighted by molar-refractivity contribution is 4.88. The van der Waals surface area contributed by atoms with E-state index in [-0.39, 0.29) is 0 Å². The van der Waals surface area contributed by atoms with E-state index >= 15 is 0 Å². The van der Waals surface area contributed by atoms with Crippen LogP contribution in [0.1, 0.15) is 26.7 Å². The van der Waals surface area contributed by atoms with Crippen molar-refractivity contribution < 1.29 is 4.74 Å². The lowest BCUT2D eigenvalue weighted by molar-refractivity contribution is -0.0180. The third kappa shape index (κ3) is 1.64. The monoisotopic (exact) mass is 169 g/mol. The zero-order valence-corrected chi connectivity index (χ0v) is 8.05. The highest BCUT2D eigenvalue weighted by Crippen LogP contribution is 2.36. The molecule has 2 heteroatoms. The Kier molecular flexibility index (Phi) is 2.37. The summed E-state index contributed by atoms with van der Waals surface area (Å²) in [6, 6.07) is 0.650. The summed E-state index contributed by atoms with van der Waals surface area (Å²) in [5.41, 5.74) is 0. The molecule has 2 nitrogen and oxygen atoms in total. The Morgan fingerprint density at radius 2 is 2.00 bits per heavy atom. The smallest absolute Gasteiger partial charge is 0.0672 e. The summed E-state index contributed by atoms with van der Waals surface area (Å²) in [5, 5.41) is 3.57. The molecule has 0 amide bonds. The van der Waals surface area contributed by atoms with Crippen LogP contribution >= 0.6 is 0 Å². The summed E-state index contributed by atoms with van der Waals surface area (Å²) in [4.78, 5) is 0. The first-order valence-corrected chi connectivity index (χ1v) is 5.10. The quantitative estimate of drug-likeness (QED) is 0.641. The van der Waals surface area contributed by atoms with Gasteiger partial charge in [0.05, 0.1) is 12.7 Å². The van der Waals surface area contributed by atoms with Gasteiger partial charge in [-0.05, 0) is 31.6 Å². The van der Waals surface area contributed by atoms with Gasteiger partial charge in [0.2, 0.25) is 0 Å². The Labute approximate surface area is 74.7 Å². The molecule has 0 radical (unpaired) electrons. The Bertz CT molecular complexity index is 146. The van der Waals surface area contributed by atoms with Crippen LogP contribution in [-0.4, -0.2) is 25.3 Å². The third-order valence-corrected chi connectivity index (χ3v) is 3.21. The van der Waals surface area contributed by atoms with Crippen LogP contribution in [0.5, 0.6) is 0 Å². The number of hydrogen-bond acceptors (Lipinski definition) is 2. The van der Waals surface area contributed by atoms with Crippen LogP contribution in [0.3, 0.4) is 0 Å². The summed E-state index contributed by atoms with van der Waals surface area (Å²) in [7, 11) is 0. The maximum atomic E-state index is 5.62. The van der Waals surface area contributed by atoms with E-state index in [2.05, 4.69) is 19.2 Å². The van der Waals surface area contributed by atoms with Crippen LogP contribution in [0.4, 0.5) is 0 Å². The first kappa shape index (κ1) is 8.52. The molecule has 0 aromatic carbocycles. The molecule has 12 heavy (non-hydrogen) atoms. The van der Waals surface area contributed by atoms with Crippen molar-refractivity contribution in [3.05, 3.63) is 0 Å². The average Bonchev–Trinajstić information content (AvgIpc) is 2.01. The molecule has 2 unspecified atom stereocenters. The van der Waals surface area contributed by atoms with E-state index in [1.54, 1.807) is 0 Å². The highest BCUT2D eigenvalue weighted by Gasteiger charge is 2.34. The Morgan fingerprint density at radius 3 is 2.50 bits per heavy atom. The second-order valence-corrected chi connectivity index (χ2v) is 4.50. The summed E-state index contributed by atoms with van der Waals surface area (Å²) in [6.45, 7) is 6.43. The van der Waals surface area contributed by atoms with Gasteiger partial charge in [0.1, 0.15) is 0 Å². The second-order valence-electron chi connectivity index (χ2n) is 4.50. The van der Waals surface area contributed by atoms with Gasteiger partial charge in [-0.3, -0.25) is 0 Å². The van der Waals surface area contributed by atoms with E-state index in [0.717, 1.165) is 25.0 Å². The standard InChI is InChI=1S/C10H19NO/c1-7-3-9(4-7)10-6-12-8(2)5-11-10/h7-11H,3-6H2,1-2H3. The molecule has 1 saturated heterocycles. The minimum Gasteiger partial charge on any atom is -0.376 e. The molecule has 2 atom stereocenters. The fourth-order valence-electron chi connectivity index (χ4n) is 2.30. The Hall–Kier alpha value is -0.0800. The van der Waals surface area contributed by atoms with E-state index in [1.807, 2.05) is 0 Å². The highest BCUT2D eigenvalue weighted by atomic mass is 16.5. The first-order chi connectivity index (χ1) is 5.75. The molecule has 0 bridgehead atoms. The summed E-state index contributed by atoms with van der Waals surface area (Å²) in [6.07, 6.45) is 3.21.